The predicted molar refractivity (Wildman–Crippen MR) is 53.7 cm³/mol. The molecule has 0 unspecified atom stereocenters. The zero-order valence-corrected chi connectivity index (χ0v) is 8.32. The van der Waals surface area contributed by atoms with Crippen LogP contribution in [0.15, 0.2) is 12.4 Å². The van der Waals surface area contributed by atoms with E-state index in [0.717, 1.165) is 6.42 Å². The molecule has 0 aliphatic rings. The highest BCUT2D eigenvalue weighted by Gasteiger charge is 2.13. The number of nitrogen functional groups attached to an aromatic ring is 1. The maximum absolute atomic E-state index is 11.5. The molecule has 0 saturated carbocycles. The Balaban J connectivity index is 2.75. The lowest BCUT2D eigenvalue weighted by atomic mass is 10.2. The summed E-state index contributed by atoms with van der Waals surface area (Å²) in [4.78, 5) is 19.2. The third kappa shape index (κ3) is 2.42. The summed E-state index contributed by atoms with van der Waals surface area (Å²) in [5.41, 5.74) is 5.69. The van der Waals surface area contributed by atoms with Crippen LogP contribution >= 0.6 is 0 Å². The molecule has 1 aromatic rings. The highest BCUT2D eigenvalue weighted by atomic mass is 16.2. The molecular weight excluding hydrogens is 180 g/mol. The maximum Gasteiger partial charge on any atom is 0.273 e. The van der Waals surface area contributed by atoms with Gasteiger partial charge < -0.3 is 11.1 Å². The zero-order valence-electron chi connectivity index (χ0n) is 8.32. The maximum atomic E-state index is 11.5. The van der Waals surface area contributed by atoms with Gasteiger partial charge in [0.15, 0.2) is 11.5 Å². The van der Waals surface area contributed by atoms with E-state index < -0.39 is 0 Å². The minimum atomic E-state index is -0.273. The van der Waals surface area contributed by atoms with Crippen molar-refractivity contribution >= 4 is 11.7 Å². The molecule has 1 amide bonds. The Morgan fingerprint density at radius 3 is 2.79 bits per heavy atom. The van der Waals surface area contributed by atoms with E-state index in [2.05, 4.69) is 15.3 Å². The first-order chi connectivity index (χ1) is 6.65. The molecule has 1 aromatic heterocycles. The van der Waals surface area contributed by atoms with Crippen molar-refractivity contribution in [3.8, 4) is 0 Å². The molecule has 0 aliphatic heterocycles. The van der Waals surface area contributed by atoms with Gasteiger partial charge in [-0.15, -0.1) is 0 Å². The average molecular weight is 194 g/mol. The molecule has 1 heterocycles. The van der Waals surface area contributed by atoms with Gasteiger partial charge in [0.25, 0.3) is 5.91 Å². The van der Waals surface area contributed by atoms with Crippen LogP contribution in [0, 0.1) is 0 Å². The number of hydrogen-bond acceptors (Lipinski definition) is 4. The Morgan fingerprint density at radius 2 is 2.21 bits per heavy atom. The van der Waals surface area contributed by atoms with Crippen molar-refractivity contribution in [1.29, 1.82) is 0 Å². The highest BCUT2D eigenvalue weighted by molar-refractivity contribution is 5.96. The largest absolute Gasteiger partial charge is 0.382 e. The SMILES string of the molecule is CC[C@@H](C)NC(=O)c1nccnc1N. The Labute approximate surface area is 82.7 Å². The van der Waals surface area contributed by atoms with E-state index in [9.17, 15) is 4.79 Å². The number of carbonyl (C=O) groups excluding carboxylic acids is 1. The molecule has 14 heavy (non-hydrogen) atoms. The van der Waals surface area contributed by atoms with Crippen molar-refractivity contribution in [3.05, 3.63) is 18.1 Å². The van der Waals surface area contributed by atoms with Gasteiger partial charge in [0.2, 0.25) is 0 Å². The lowest BCUT2D eigenvalue weighted by molar-refractivity contribution is 0.0935. The number of rotatable bonds is 3. The topological polar surface area (TPSA) is 80.9 Å². The third-order valence-corrected chi connectivity index (χ3v) is 1.93. The van der Waals surface area contributed by atoms with E-state index >= 15 is 0 Å². The van der Waals surface area contributed by atoms with E-state index in [1.165, 1.54) is 12.4 Å². The fourth-order valence-electron chi connectivity index (χ4n) is 0.918. The lowest BCUT2D eigenvalue weighted by Crippen LogP contribution is -2.33. The van der Waals surface area contributed by atoms with E-state index in [0.29, 0.717) is 0 Å². The van der Waals surface area contributed by atoms with Gasteiger partial charge in [0.05, 0.1) is 0 Å². The molecule has 0 aromatic carbocycles. The normalized spacial score (nSPS) is 12.1. The summed E-state index contributed by atoms with van der Waals surface area (Å²) in [6.45, 7) is 3.91. The van der Waals surface area contributed by atoms with Crippen LogP contribution in [-0.4, -0.2) is 21.9 Å². The second kappa shape index (κ2) is 4.55. The van der Waals surface area contributed by atoms with Gasteiger partial charge in [0.1, 0.15) is 0 Å². The number of carbonyl (C=O) groups is 1. The minimum absolute atomic E-state index is 0.115. The molecule has 0 spiro atoms. The first-order valence-corrected chi connectivity index (χ1v) is 4.52. The second-order valence-corrected chi connectivity index (χ2v) is 3.07. The zero-order chi connectivity index (χ0) is 10.6. The summed E-state index contributed by atoms with van der Waals surface area (Å²) < 4.78 is 0. The number of aromatic nitrogens is 2. The summed E-state index contributed by atoms with van der Waals surface area (Å²) >= 11 is 0. The van der Waals surface area contributed by atoms with Crippen molar-refractivity contribution in [1.82, 2.24) is 15.3 Å². The lowest BCUT2D eigenvalue weighted by Gasteiger charge is -2.10. The van der Waals surface area contributed by atoms with E-state index in [1.807, 2.05) is 13.8 Å². The molecule has 3 N–H and O–H groups in total. The van der Waals surface area contributed by atoms with Crippen LogP contribution in [0.25, 0.3) is 0 Å². The van der Waals surface area contributed by atoms with Crippen LogP contribution in [-0.2, 0) is 0 Å². The predicted octanol–water partition coefficient (Wildman–Crippen LogP) is 0.587. The van der Waals surface area contributed by atoms with E-state index in [1.54, 1.807) is 0 Å². The van der Waals surface area contributed by atoms with Crippen molar-refractivity contribution in [2.24, 2.45) is 0 Å². The Bertz CT molecular complexity index is 326. The molecular formula is C9H14N4O. The van der Waals surface area contributed by atoms with Crippen LogP contribution in [0.3, 0.4) is 0 Å². The number of nitrogens with zero attached hydrogens (tertiary/aromatic N) is 2. The van der Waals surface area contributed by atoms with Gasteiger partial charge in [-0.1, -0.05) is 6.92 Å². The van der Waals surface area contributed by atoms with E-state index in [4.69, 9.17) is 5.73 Å². The molecule has 0 bridgehead atoms. The molecule has 76 valence electrons. The Morgan fingerprint density at radius 1 is 1.57 bits per heavy atom. The molecule has 0 radical (unpaired) electrons. The molecule has 0 aliphatic carbocycles. The molecule has 0 fully saturated rings. The first-order valence-electron chi connectivity index (χ1n) is 4.52. The summed E-state index contributed by atoms with van der Waals surface area (Å²) in [5, 5.41) is 2.77. The molecule has 1 rings (SSSR count). The molecule has 5 heteroatoms. The standard InChI is InChI=1S/C9H14N4O/c1-3-6(2)13-9(14)7-8(10)12-5-4-11-7/h4-6H,3H2,1-2H3,(H2,10,12)(H,13,14)/t6-/m1/s1. The van der Waals surface area contributed by atoms with Crippen LogP contribution in [0.4, 0.5) is 5.82 Å². The summed E-state index contributed by atoms with van der Waals surface area (Å²) in [6.07, 6.45) is 3.77. The van der Waals surface area contributed by atoms with Crippen molar-refractivity contribution in [3.63, 3.8) is 0 Å². The summed E-state index contributed by atoms with van der Waals surface area (Å²) in [6, 6.07) is 0.115. The first kappa shape index (κ1) is 10.4. The number of amides is 1. The monoisotopic (exact) mass is 194 g/mol. The van der Waals surface area contributed by atoms with Crippen LogP contribution in [0.2, 0.25) is 0 Å². The Kier molecular flexibility index (Phi) is 3.39. The van der Waals surface area contributed by atoms with Crippen LogP contribution in [0.1, 0.15) is 30.8 Å². The Hall–Kier alpha value is -1.65. The van der Waals surface area contributed by atoms with Gasteiger partial charge in [0, 0.05) is 18.4 Å². The number of nitrogens with two attached hydrogens (primary N) is 1. The smallest absolute Gasteiger partial charge is 0.273 e. The molecule has 5 nitrogen and oxygen atoms in total. The van der Waals surface area contributed by atoms with Gasteiger partial charge in [-0.05, 0) is 13.3 Å². The molecule has 0 saturated heterocycles. The van der Waals surface area contributed by atoms with Crippen molar-refractivity contribution in [2.45, 2.75) is 26.3 Å². The fraction of sp³-hybridized carbons (Fsp3) is 0.444. The van der Waals surface area contributed by atoms with E-state index in [-0.39, 0.29) is 23.5 Å². The summed E-state index contributed by atoms with van der Waals surface area (Å²) in [5.74, 6) is -0.113. The quantitative estimate of drug-likeness (QED) is 0.737. The van der Waals surface area contributed by atoms with Crippen LogP contribution in [0.5, 0.6) is 0 Å². The van der Waals surface area contributed by atoms with Gasteiger partial charge in [-0.3, -0.25) is 4.79 Å². The molecule has 1 atom stereocenters. The fourth-order valence-corrected chi connectivity index (χ4v) is 0.918. The van der Waals surface area contributed by atoms with Crippen LogP contribution < -0.4 is 11.1 Å². The highest BCUT2D eigenvalue weighted by Crippen LogP contribution is 2.03. The number of nitrogens with one attached hydrogen (secondary N) is 1. The third-order valence-electron chi connectivity index (χ3n) is 1.93. The van der Waals surface area contributed by atoms with Gasteiger partial charge >= 0.3 is 0 Å². The average Bonchev–Trinajstić information content (AvgIpc) is 2.18. The summed E-state index contributed by atoms with van der Waals surface area (Å²) in [7, 11) is 0. The number of anilines is 1. The second-order valence-electron chi connectivity index (χ2n) is 3.07. The van der Waals surface area contributed by atoms with Gasteiger partial charge in [-0.2, -0.15) is 0 Å². The van der Waals surface area contributed by atoms with Crippen molar-refractivity contribution < 1.29 is 4.79 Å². The minimum Gasteiger partial charge on any atom is -0.382 e. The van der Waals surface area contributed by atoms with Gasteiger partial charge in [-0.25, -0.2) is 9.97 Å². The number of hydrogen-bond donors (Lipinski definition) is 2. The van der Waals surface area contributed by atoms with Crippen molar-refractivity contribution in [2.75, 3.05) is 5.73 Å².